The Kier molecular flexibility index (Phi) is 0.605. The van der Waals surface area contributed by atoms with Crippen LogP contribution in [-0.4, -0.2) is 6.54 Å². The Balaban J connectivity index is 2.16. The molecule has 0 unspecified atom stereocenters. The standard InChI is InChI=1S/C7H11N/c1-7(3-4-7)6-2-5-8-6/h2,8H,3-5H2,1H3. The summed E-state index contributed by atoms with van der Waals surface area (Å²) in [5.74, 6) is 0. The molecule has 1 nitrogen and oxygen atoms in total. The molecule has 0 aromatic heterocycles. The van der Waals surface area contributed by atoms with Gasteiger partial charge in [0.05, 0.1) is 0 Å². The fourth-order valence-corrected chi connectivity index (χ4v) is 1.12. The van der Waals surface area contributed by atoms with Gasteiger partial charge in [0.1, 0.15) is 0 Å². The Morgan fingerprint density at radius 2 is 2.25 bits per heavy atom. The normalized spacial score (nSPS) is 29.9. The summed E-state index contributed by atoms with van der Waals surface area (Å²) >= 11 is 0. The Hall–Kier alpha value is -0.460. The number of rotatable bonds is 1. The van der Waals surface area contributed by atoms with Crippen LogP contribution >= 0.6 is 0 Å². The molecule has 2 rings (SSSR count). The van der Waals surface area contributed by atoms with E-state index in [9.17, 15) is 0 Å². The van der Waals surface area contributed by atoms with E-state index >= 15 is 0 Å². The molecule has 0 aromatic carbocycles. The second-order valence-electron chi connectivity index (χ2n) is 3.06. The molecule has 0 saturated heterocycles. The maximum Gasteiger partial charge on any atom is 0.0347 e. The Labute approximate surface area is 49.8 Å². The molecule has 44 valence electrons. The highest BCUT2D eigenvalue weighted by atomic mass is 15.0. The number of nitrogens with one attached hydrogen (secondary N) is 1. The Morgan fingerprint density at radius 3 is 2.38 bits per heavy atom. The molecule has 0 bridgehead atoms. The van der Waals surface area contributed by atoms with E-state index in [2.05, 4.69) is 18.3 Å². The van der Waals surface area contributed by atoms with Gasteiger partial charge in [0.15, 0.2) is 0 Å². The van der Waals surface area contributed by atoms with Crippen LogP contribution in [0.2, 0.25) is 0 Å². The zero-order valence-corrected chi connectivity index (χ0v) is 5.20. The van der Waals surface area contributed by atoms with Gasteiger partial charge >= 0.3 is 0 Å². The summed E-state index contributed by atoms with van der Waals surface area (Å²) in [4.78, 5) is 0. The molecular weight excluding hydrogens is 98.1 g/mol. The van der Waals surface area contributed by atoms with Crippen molar-refractivity contribution in [2.75, 3.05) is 6.54 Å². The van der Waals surface area contributed by atoms with Crippen molar-refractivity contribution in [3.63, 3.8) is 0 Å². The maximum absolute atomic E-state index is 3.31. The summed E-state index contributed by atoms with van der Waals surface area (Å²) in [6, 6.07) is 0. The zero-order valence-electron chi connectivity index (χ0n) is 5.20. The Bertz CT molecular complexity index is 142. The predicted octanol–water partition coefficient (Wildman–Crippen LogP) is 1.27. The molecule has 1 N–H and O–H groups in total. The highest BCUT2D eigenvalue weighted by Crippen LogP contribution is 2.51. The molecule has 0 radical (unpaired) electrons. The predicted molar refractivity (Wildman–Crippen MR) is 33.4 cm³/mol. The van der Waals surface area contributed by atoms with Crippen LogP contribution in [0.15, 0.2) is 11.8 Å². The molecule has 1 fully saturated rings. The summed E-state index contributed by atoms with van der Waals surface area (Å²) < 4.78 is 0. The molecule has 0 aromatic rings. The van der Waals surface area contributed by atoms with Crippen LogP contribution in [0.4, 0.5) is 0 Å². The van der Waals surface area contributed by atoms with Crippen LogP contribution in [-0.2, 0) is 0 Å². The smallest absolute Gasteiger partial charge is 0.0347 e. The fraction of sp³-hybridized carbons (Fsp3) is 0.714. The van der Waals surface area contributed by atoms with Crippen LogP contribution < -0.4 is 5.32 Å². The summed E-state index contributed by atoms with van der Waals surface area (Å²) in [6.45, 7) is 3.43. The van der Waals surface area contributed by atoms with Gasteiger partial charge < -0.3 is 5.32 Å². The van der Waals surface area contributed by atoms with E-state index in [1.165, 1.54) is 18.5 Å². The first-order chi connectivity index (χ1) is 3.81. The largest absolute Gasteiger partial charge is 0.385 e. The third-order valence-corrected chi connectivity index (χ3v) is 2.25. The first-order valence-electron chi connectivity index (χ1n) is 3.26. The van der Waals surface area contributed by atoms with Gasteiger partial charge in [-0.15, -0.1) is 0 Å². The molecule has 1 heterocycles. The summed E-state index contributed by atoms with van der Waals surface area (Å²) in [7, 11) is 0. The molecule has 1 saturated carbocycles. The molecule has 8 heavy (non-hydrogen) atoms. The van der Waals surface area contributed by atoms with E-state index < -0.39 is 0 Å². The first kappa shape index (κ1) is 4.42. The number of hydrogen-bond acceptors (Lipinski definition) is 1. The number of allylic oxidation sites excluding steroid dienone is 1. The molecular formula is C7H11N. The van der Waals surface area contributed by atoms with Crippen LogP contribution in [0.5, 0.6) is 0 Å². The lowest BCUT2D eigenvalue weighted by molar-refractivity contribution is 0.576. The second kappa shape index (κ2) is 1.09. The minimum absolute atomic E-state index is 0.595. The molecule has 0 spiro atoms. The van der Waals surface area contributed by atoms with Gasteiger partial charge in [-0.1, -0.05) is 6.92 Å². The maximum atomic E-state index is 3.31. The lowest BCUT2D eigenvalue weighted by atomic mass is 10.0. The molecule has 0 atom stereocenters. The quantitative estimate of drug-likeness (QED) is 0.534. The average Bonchev–Trinajstić information content (AvgIpc) is 2.12. The minimum Gasteiger partial charge on any atom is -0.385 e. The summed E-state index contributed by atoms with van der Waals surface area (Å²) in [5, 5.41) is 3.31. The van der Waals surface area contributed by atoms with Crippen molar-refractivity contribution < 1.29 is 0 Å². The molecule has 1 aliphatic heterocycles. The van der Waals surface area contributed by atoms with Gasteiger partial charge in [0, 0.05) is 17.7 Å². The van der Waals surface area contributed by atoms with Crippen molar-refractivity contribution in [3.8, 4) is 0 Å². The van der Waals surface area contributed by atoms with E-state index in [1.54, 1.807) is 0 Å². The summed E-state index contributed by atoms with van der Waals surface area (Å²) in [5.41, 5.74) is 2.09. The van der Waals surface area contributed by atoms with Crippen LogP contribution in [0.3, 0.4) is 0 Å². The van der Waals surface area contributed by atoms with Crippen LogP contribution in [0, 0.1) is 5.41 Å². The topological polar surface area (TPSA) is 12.0 Å². The monoisotopic (exact) mass is 109 g/mol. The van der Waals surface area contributed by atoms with Gasteiger partial charge in [-0.3, -0.25) is 0 Å². The van der Waals surface area contributed by atoms with Gasteiger partial charge in [-0.2, -0.15) is 0 Å². The van der Waals surface area contributed by atoms with E-state index in [1.807, 2.05) is 0 Å². The van der Waals surface area contributed by atoms with Gasteiger partial charge in [0.25, 0.3) is 0 Å². The molecule has 2 aliphatic rings. The second-order valence-corrected chi connectivity index (χ2v) is 3.06. The highest BCUT2D eigenvalue weighted by Gasteiger charge is 2.42. The van der Waals surface area contributed by atoms with Crippen LogP contribution in [0.25, 0.3) is 0 Å². The van der Waals surface area contributed by atoms with Gasteiger partial charge in [-0.05, 0) is 18.9 Å². The van der Waals surface area contributed by atoms with Crippen LogP contribution in [0.1, 0.15) is 19.8 Å². The van der Waals surface area contributed by atoms with E-state index in [0.717, 1.165) is 6.54 Å². The molecule has 1 heteroatoms. The highest BCUT2D eigenvalue weighted by molar-refractivity contribution is 5.25. The SMILES string of the molecule is CC1(C2=CCN2)CC1. The lowest BCUT2D eigenvalue weighted by Gasteiger charge is -2.23. The zero-order chi connectivity index (χ0) is 5.61. The van der Waals surface area contributed by atoms with Gasteiger partial charge in [0.2, 0.25) is 0 Å². The average molecular weight is 109 g/mol. The minimum atomic E-state index is 0.595. The fourth-order valence-electron chi connectivity index (χ4n) is 1.12. The van der Waals surface area contributed by atoms with Crippen molar-refractivity contribution in [3.05, 3.63) is 11.8 Å². The molecule has 0 amide bonds. The van der Waals surface area contributed by atoms with Crippen molar-refractivity contribution in [2.24, 2.45) is 5.41 Å². The van der Waals surface area contributed by atoms with Crippen molar-refractivity contribution >= 4 is 0 Å². The first-order valence-corrected chi connectivity index (χ1v) is 3.26. The third-order valence-electron chi connectivity index (χ3n) is 2.25. The number of hydrogen-bond donors (Lipinski definition) is 1. The van der Waals surface area contributed by atoms with Crippen molar-refractivity contribution in [2.45, 2.75) is 19.8 Å². The molecule has 1 aliphatic carbocycles. The summed E-state index contributed by atoms with van der Waals surface area (Å²) in [6.07, 6.45) is 5.09. The Morgan fingerprint density at radius 1 is 1.62 bits per heavy atom. The lowest BCUT2D eigenvalue weighted by Crippen LogP contribution is -2.28. The van der Waals surface area contributed by atoms with Crippen molar-refractivity contribution in [1.82, 2.24) is 5.32 Å². The van der Waals surface area contributed by atoms with E-state index in [-0.39, 0.29) is 0 Å². The van der Waals surface area contributed by atoms with E-state index in [0.29, 0.717) is 5.41 Å². The van der Waals surface area contributed by atoms with Crippen molar-refractivity contribution in [1.29, 1.82) is 0 Å². The van der Waals surface area contributed by atoms with E-state index in [4.69, 9.17) is 0 Å². The third kappa shape index (κ3) is 0.417. The van der Waals surface area contributed by atoms with Gasteiger partial charge in [-0.25, -0.2) is 0 Å².